The molecular formula is C24H21N3O2. The van der Waals surface area contributed by atoms with E-state index in [0.717, 1.165) is 59.3 Å². The number of nitrogens with zero attached hydrogens (tertiary/aromatic N) is 3. The standard InChI is InChI=1S/C24H21N3O2/c28-24(29)19-11-10-18(14-20(19)16-6-4-5-7-16)21-15-25-27-13-12-22(26-23(21)27)17-8-2-1-3-9-17/h1-3,8-16H,4-7H2,(H,28,29). The first-order valence-electron chi connectivity index (χ1n) is 9.98. The van der Waals surface area contributed by atoms with Gasteiger partial charge in [-0.2, -0.15) is 5.10 Å². The maximum Gasteiger partial charge on any atom is 0.335 e. The van der Waals surface area contributed by atoms with Gasteiger partial charge in [-0.1, -0.05) is 49.2 Å². The smallest absolute Gasteiger partial charge is 0.335 e. The van der Waals surface area contributed by atoms with E-state index in [0.29, 0.717) is 11.5 Å². The summed E-state index contributed by atoms with van der Waals surface area (Å²) in [4.78, 5) is 16.6. The van der Waals surface area contributed by atoms with Gasteiger partial charge in [0, 0.05) is 17.3 Å². The molecule has 0 unspecified atom stereocenters. The topological polar surface area (TPSA) is 67.5 Å². The fraction of sp³-hybridized carbons (Fsp3) is 0.208. The molecule has 144 valence electrons. The number of carbonyl (C=O) groups is 1. The van der Waals surface area contributed by atoms with E-state index >= 15 is 0 Å². The second-order valence-electron chi connectivity index (χ2n) is 7.59. The number of rotatable bonds is 4. The molecule has 2 aromatic heterocycles. The van der Waals surface area contributed by atoms with Crippen molar-refractivity contribution < 1.29 is 9.90 Å². The number of benzene rings is 2. The number of carboxylic acid groups (broad SMARTS) is 1. The number of aromatic nitrogens is 3. The van der Waals surface area contributed by atoms with E-state index in [2.05, 4.69) is 5.10 Å². The van der Waals surface area contributed by atoms with Gasteiger partial charge in [-0.3, -0.25) is 0 Å². The SMILES string of the molecule is O=C(O)c1ccc(-c2cnn3ccc(-c4ccccc4)nc23)cc1C1CCCC1. The molecular weight excluding hydrogens is 362 g/mol. The number of fused-ring (bicyclic) bond motifs is 1. The van der Waals surface area contributed by atoms with Crippen LogP contribution in [0.15, 0.2) is 67.0 Å². The van der Waals surface area contributed by atoms with Crippen LogP contribution in [0.4, 0.5) is 0 Å². The normalized spacial score (nSPS) is 14.5. The average molecular weight is 383 g/mol. The van der Waals surface area contributed by atoms with Crippen LogP contribution in [0, 0.1) is 0 Å². The Hall–Kier alpha value is -3.47. The van der Waals surface area contributed by atoms with Crippen molar-refractivity contribution in [2.45, 2.75) is 31.6 Å². The molecule has 4 aromatic rings. The Kier molecular flexibility index (Phi) is 4.35. The summed E-state index contributed by atoms with van der Waals surface area (Å²) in [6, 6.07) is 17.6. The zero-order valence-corrected chi connectivity index (χ0v) is 16.0. The zero-order chi connectivity index (χ0) is 19.8. The quantitative estimate of drug-likeness (QED) is 0.511. The average Bonchev–Trinajstić information content (AvgIpc) is 3.43. The largest absolute Gasteiger partial charge is 0.478 e. The Morgan fingerprint density at radius 2 is 1.79 bits per heavy atom. The summed E-state index contributed by atoms with van der Waals surface area (Å²) in [6.07, 6.45) is 8.14. The molecule has 1 N–H and O–H groups in total. The highest BCUT2D eigenvalue weighted by atomic mass is 16.4. The van der Waals surface area contributed by atoms with Crippen molar-refractivity contribution in [3.63, 3.8) is 0 Å². The predicted octanol–water partition coefficient (Wildman–Crippen LogP) is 5.42. The molecule has 0 saturated heterocycles. The van der Waals surface area contributed by atoms with Crippen LogP contribution in [0.25, 0.3) is 28.0 Å². The molecule has 0 radical (unpaired) electrons. The third kappa shape index (κ3) is 3.18. The lowest BCUT2D eigenvalue weighted by atomic mass is 9.90. The molecule has 5 rings (SSSR count). The molecule has 0 aliphatic heterocycles. The monoisotopic (exact) mass is 383 g/mol. The molecule has 0 atom stereocenters. The third-order valence-corrected chi connectivity index (χ3v) is 5.83. The van der Waals surface area contributed by atoms with Crippen molar-refractivity contribution in [2.24, 2.45) is 0 Å². The van der Waals surface area contributed by atoms with Crippen LogP contribution in [-0.2, 0) is 0 Å². The molecule has 0 amide bonds. The van der Waals surface area contributed by atoms with Crippen molar-refractivity contribution >= 4 is 11.6 Å². The van der Waals surface area contributed by atoms with Gasteiger partial charge in [0.1, 0.15) is 0 Å². The van der Waals surface area contributed by atoms with Gasteiger partial charge in [-0.25, -0.2) is 14.3 Å². The van der Waals surface area contributed by atoms with Crippen LogP contribution in [0.2, 0.25) is 0 Å². The summed E-state index contributed by atoms with van der Waals surface area (Å²) in [7, 11) is 0. The Morgan fingerprint density at radius 3 is 2.55 bits per heavy atom. The Bertz CT molecular complexity index is 1190. The zero-order valence-electron chi connectivity index (χ0n) is 16.0. The first-order valence-corrected chi connectivity index (χ1v) is 9.98. The molecule has 1 aliphatic rings. The maximum atomic E-state index is 11.8. The van der Waals surface area contributed by atoms with Crippen LogP contribution in [-0.4, -0.2) is 25.7 Å². The minimum Gasteiger partial charge on any atom is -0.478 e. The van der Waals surface area contributed by atoms with E-state index in [9.17, 15) is 9.90 Å². The Balaban J connectivity index is 1.63. The van der Waals surface area contributed by atoms with Gasteiger partial charge in [0.15, 0.2) is 5.65 Å². The van der Waals surface area contributed by atoms with Crippen molar-refractivity contribution in [1.82, 2.24) is 14.6 Å². The molecule has 1 aliphatic carbocycles. The fourth-order valence-electron chi connectivity index (χ4n) is 4.34. The molecule has 29 heavy (non-hydrogen) atoms. The lowest BCUT2D eigenvalue weighted by molar-refractivity contribution is 0.0695. The summed E-state index contributed by atoms with van der Waals surface area (Å²) >= 11 is 0. The molecule has 2 aromatic carbocycles. The van der Waals surface area contributed by atoms with Gasteiger partial charge in [0.05, 0.1) is 17.5 Å². The van der Waals surface area contributed by atoms with Crippen molar-refractivity contribution in [1.29, 1.82) is 0 Å². The number of hydrogen-bond acceptors (Lipinski definition) is 3. The number of hydrogen-bond donors (Lipinski definition) is 1. The van der Waals surface area contributed by atoms with E-state index in [-0.39, 0.29) is 0 Å². The van der Waals surface area contributed by atoms with Crippen LogP contribution >= 0.6 is 0 Å². The van der Waals surface area contributed by atoms with Gasteiger partial charge < -0.3 is 5.11 Å². The van der Waals surface area contributed by atoms with Gasteiger partial charge in [0.2, 0.25) is 0 Å². The maximum absolute atomic E-state index is 11.8. The van der Waals surface area contributed by atoms with E-state index in [1.54, 1.807) is 10.6 Å². The second-order valence-corrected chi connectivity index (χ2v) is 7.59. The van der Waals surface area contributed by atoms with E-state index in [4.69, 9.17) is 4.98 Å². The van der Waals surface area contributed by atoms with E-state index < -0.39 is 5.97 Å². The van der Waals surface area contributed by atoms with Crippen molar-refractivity contribution in [3.05, 3.63) is 78.1 Å². The summed E-state index contributed by atoms with van der Waals surface area (Å²) in [5, 5.41) is 14.1. The van der Waals surface area contributed by atoms with Crippen molar-refractivity contribution in [3.8, 4) is 22.4 Å². The molecule has 1 fully saturated rings. The summed E-state index contributed by atoms with van der Waals surface area (Å²) in [5.41, 5.74) is 5.93. The van der Waals surface area contributed by atoms with E-state index in [1.165, 1.54) is 0 Å². The van der Waals surface area contributed by atoms with Gasteiger partial charge in [-0.05, 0) is 48.1 Å². The van der Waals surface area contributed by atoms with Crippen molar-refractivity contribution in [2.75, 3.05) is 0 Å². The lowest BCUT2D eigenvalue weighted by Gasteiger charge is -2.14. The van der Waals surface area contributed by atoms with Crippen LogP contribution in [0.1, 0.15) is 47.5 Å². The predicted molar refractivity (Wildman–Crippen MR) is 112 cm³/mol. The lowest BCUT2D eigenvalue weighted by Crippen LogP contribution is -2.05. The highest BCUT2D eigenvalue weighted by molar-refractivity contribution is 5.91. The Morgan fingerprint density at radius 1 is 1.00 bits per heavy atom. The molecule has 2 heterocycles. The van der Waals surface area contributed by atoms with Crippen LogP contribution in [0.3, 0.4) is 0 Å². The first kappa shape index (κ1) is 17.6. The minimum absolute atomic E-state index is 0.315. The molecule has 1 saturated carbocycles. The van der Waals surface area contributed by atoms with Crippen LogP contribution < -0.4 is 0 Å². The minimum atomic E-state index is -0.859. The first-order chi connectivity index (χ1) is 14.2. The highest BCUT2D eigenvalue weighted by Crippen LogP contribution is 2.38. The summed E-state index contributed by atoms with van der Waals surface area (Å²) in [6.45, 7) is 0. The number of aromatic carboxylic acids is 1. The molecule has 0 bridgehead atoms. The van der Waals surface area contributed by atoms with E-state index in [1.807, 2.05) is 60.9 Å². The third-order valence-electron chi connectivity index (χ3n) is 5.83. The highest BCUT2D eigenvalue weighted by Gasteiger charge is 2.23. The van der Waals surface area contributed by atoms with Crippen LogP contribution in [0.5, 0.6) is 0 Å². The number of carboxylic acids is 1. The molecule has 5 heteroatoms. The molecule has 0 spiro atoms. The second kappa shape index (κ2) is 7.17. The Labute approximate surface area is 168 Å². The summed E-state index contributed by atoms with van der Waals surface area (Å²) < 4.78 is 1.77. The summed E-state index contributed by atoms with van der Waals surface area (Å²) in [5.74, 6) is -0.543. The van der Waals surface area contributed by atoms with Gasteiger partial charge >= 0.3 is 5.97 Å². The molecule has 5 nitrogen and oxygen atoms in total. The fourth-order valence-corrected chi connectivity index (χ4v) is 4.34. The van der Waals surface area contributed by atoms with Gasteiger partial charge in [0.25, 0.3) is 0 Å². The van der Waals surface area contributed by atoms with Gasteiger partial charge in [-0.15, -0.1) is 0 Å².